The zero-order chi connectivity index (χ0) is 23.5. The lowest BCUT2D eigenvalue weighted by Crippen LogP contribution is -2.14. The van der Waals surface area contributed by atoms with E-state index in [1.165, 1.54) is 37.7 Å². The van der Waals surface area contributed by atoms with Gasteiger partial charge in [-0.3, -0.25) is 0 Å². The van der Waals surface area contributed by atoms with Crippen molar-refractivity contribution in [2.45, 2.75) is 45.1 Å². The van der Waals surface area contributed by atoms with Crippen molar-refractivity contribution in [3.63, 3.8) is 0 Å². The Morgan fingerprint density at radius 1 is 0.912 bits per heavy atom. The van der Waals surface area contributed by atoms with Crippen LogP contribution in [-0.2, 0) is 13.0 Å². The molecule has 0 aliphatic heterocycles. The number of hydrogen-bond donors (Lipinski definition) is 0. The Morgan fingerprint density at radius 2 is 1.62 bits per heavy atom. The Hall–Kier alpha value is -3.27. The van der Waals surface area contributed by atoms with Gasteiger partial charge in [0.15, 0.2) is 11.5 Å². The van der Waals surface area contributed by atoms with E-state index >= 15 is 0 Å². The molecule has 1 aliphatic carbocycles. The van der Waals surface area contributed by atoms with E-state index in [2.05, 4.69) is 34.9 Å². The number of imidazole rings is 1. The monoisotopic (exact) mass is 451 g/mol. The fourth-order valence-electron chi connectivity index (χ4n) is 5.19. The first-order valence-corrected chi connectivity index (χ1v) is 12.2. The highest BCUT2D eigenvalue weighted by atomic mass is 16.5. The van der Waals surface area contributed by atoms with Crippen LogP contribution in [0.3, 0.4) is 0 Å². The molecule has 34 heavy (non-hydrogen) atoms. The van der Waals surface area contributed by atoms with E-state index in [1.807, 2.05) is 30.3 Å². The van der Waals surface area contributed by atoms with Crippen LogP contribution in [0.2, 0.25) is 0 Å². The quantitative estimate of drug-likeness (QED) is 0.309. The van der Waals surface area contributed by atoms with Gasteiger partial charge in [0.1, 0.15) is 5.82 Å². The van der Waals surface area contributed by atoms with Gasteiger partial charge >= 0.3 is 0 Å². The molecule has 4 heteroatoms. The molecule has 1 aromatic heterocycles. The predicted octanol–water partition coefficient (Wildman–Crippen LogP) is 6.83. The lowest BCUT2D eigenvalue weighted by Gasteiger charge is -2.21. The maximum absolute atomic E-state index is 8.20. The van der Waals surface area contributed by atoms with E-state index in [1.54, 1.807) is 14.2 Å². The molecular formula is C30H31N2O2. The van der Waals surface area contributed by atoms with Crippen molar-refractivity contribution in [1.82, 2.24) is 9.55 Å². The average molecular weight is 452 g/mol. The molecule has 1 fully saturated rings. The number of benzene rings is 3. The topological polar surface area (TPSA) is 36.3 Å². The molecule has 0 N–H and O–H groups in total. The fourth-order valence-corrected chi connectivity index (χ4v) is 5.19. The van der Waals surface area contributed by atoms with Gasteiger partial charge in [-0.15, -0.1) is 0 Å². The SMILES string of the molecule is [C]c1ccccc1-c1ccc(Cn2c(CC3CCCCC3)nc3cc(OC)c(OC)cc32)cc1. The number of methoxy groups -OCH3 is 2. The second-order valence-electron chi connectivity index (χ2n) is 9.26. The molecule has 173 valence electrons. The molecule has 4 nitrogen and oxygen atoms in total. The lowest BCUT2D eigenvalue weighted by molar-refractivity contribution is 0.349. The number of hydrogen-bond acceptors (Lipinski definition) is 3. The lowest BCUT2D eigenvalue weighted by atomic mass is 9.87. The van der Waals surface area contributed by atoms with Crippen molar-refractivity contribution in [2.24, 2.45) is 5.92 Å². The molecular weight excluding hydrogens is 420 g/mol. The Morgan fingerprint density at radius 3 is 2.32 bits per heavy atom. The van der Waals surface area contributed by atoms with E-state index < -0.39 is 0 Å². The van der Waals surface area contributed by atoms with Gasteiger partial charge in [-0.05, 0) is 28.2 Å². The van der Waals surface area contributed by atoms with Gasteiger partial charge < -0.3 is 14.0 Å². The molecule has 0 spiro atoms. The Kier molecular flexibility index (Phi) is 6.57. The molecule has 3 aromatic carbocycles. The molecule has 0 bridgehead atoms. The second-order valence-corrected chi connectivity index (χ2v) is 9.26. The number of nitrogens with zero attached hydrogens (tertiary/aromatic N) is 2. The summed E-state index contributed by atoms with van der Waals surface area (Å²) in [5, 5.41) is 0. The zero-order valence-corrected chi connectivity index (χ0v) is 20.0. The molecule has 0 saturated heterocycles. The molecule has 0 unspecified atom stereocenters. The Labute approximate surface area is 202 Å². The minimum absolute atomic E-state index is 0.548. The summed E-state index contributed by atoms with van der Waals surface area (Å²) >= 11 is 0. The third-order valence-electron chi connectivity index (χ3n) is 7.06. The highest BCUT2D eigenvalue weighted by Crippen LogP contribution is 2.34. The fraction of sp³-hybridized carbons (Fsp3) is 0.333. The normalized spacial score (nSPS) is 14.4. The minimum Gasteiger partial charge on any atom is -0.493 e. The molecule has 1 aliphatic rings. The van der Waals surface area contributed by atoms with Gasteiger partial charge in [0.25, 0.3) is 0 Å². The van der Waals surface area contributed by atoms with Gasteiger partial charge in [-0.1, -0.05) is 80.6 Å². The summed E-state index contributed by atoms with van der Waals surface area (Å²) in [6.07, 6.45) is 7.59. The highest BCUT2D eigenvalue weighted by Gasteiger charge is 2.20. The first-order valence-electron chi connectivity index (χ1n) is 12.2. The maximum atomic E-state index is 8.20. The molecule has 0 amide bonds. The van der Waals surface area contributed by atoms with Crippen LogP contribution in [0.4, 0.5) is 0 Å². The van der Waals surface area contributed by atoms with E-state index in [4.69, 9.17) is 21.4 Å². The van der Waals surface area contributed by atoms with Crippen LogP contribution >= 0.6 is 0 Å². The van der Waals surface area contributed by atoms with Crippen LogP contribution in [-0.4, -0.2) is 23.8 Å². The smallest absolute Gasteiger partial charge is 0.163 e. The van der Waals surface area contributed by atoms with Crippen molar-refractivity contribution in [2.75, 3.05) is 14.2 Å². The summed E-state index contributed by atoms with van der Waals surface area (Å²) in [4.78, 5) is 5.07. The summed E-state index contributed by atoms with van der Waals surface area (Å²) in [5.41, 5.74) is 5.81. The average Bonchev–Trinajstić information content (AvgIpc) is 3.20. The van der Waals surface area contributed by atoms with Gasteiger partial charge in [-0.25, -0.2) is 4.98 Å². The minimum atomic E-state index is 0.548. The summed E-state index contributed by atoms with van der Waals surface area (Å²) in [5.74, 6) is 3.27. The van der Waals surface area contributed by atoms with Crippen molar-refractivity contribution >= 4 is 11.0 Å². The first-order chi connectivity index (χ1) is 16.7. The van der Waals surface area contributed by atoms with Crippen LogP contribution < -0.4 is 9.47 Å². The standard InChI is InChI=1S/C30H31N2O2/c1-21-9-7-8-12-25(21)24-15-13-23(14-16-24)20-32-27-19-29(34-3)28(33-2)18-26(27)31-30(32)17-22-10-5-4-6-11-22/h7-9,12-16,18-19,22H,4-6,10-11,17,20H2,2-3H3. The van der Waals surface area contributed by atoms with Gasteiger partial charge in [-0.2, -0.15) is 0 Å². The van der Waals surface area contributed by atoms with Gasteiger partial charge in [0.05, 0.1) is 25.3 Å². The Balaban J connectivity index is 1.51. The molecule has 1 saturated carbocycles. The first kappa shape index (κ1) is 22.5. The maximum Gasteiger partial charge on any atom is 0.163 e. The van der Waals surface area contributed by atoms with Crippen molar-refractivity contribution in [3.8, 4) is 22.6 Å². The summed E-state index contributed by atoms with van der Waals surface area (Å²) in [7, 11) is 3.34. The molecule has 4 aromatic rings. The van der Waals surface area contributed by atoms with E-state index in [0.29, 0.717) is 17.2 Å². The van der Waals surface area contributed by atoms with Crippen molar-refractivity contribution in [3.05, 3.63) is 84.5 Å². The van der Waals surface area contributed by atoms with Crippen LogP contribution in [0.25, 0.3) is 22.2 Å². The number of fused-ring (bicyclic) bond motifs is 1. The summed E-state index contributed by atoms with van der Waals surface area (Å²) in [6, 6.07) is 20.3. The number of aromatic nitrogens is 2. The predicted molar refractivity (Wildman–Crippen MR) is 136 cm³/mol. The van der Waals surface area contributed by atoms with Gasteiger partial charge in [0, 0.05) is 32.0 Å². The van der Waals surface area contributed by atoms with E-state index in [9.17, 15) is 0 Å². The van der Waals surface area contributed by atoms with Crippen LogP contribution in [0.5, 0.6) is 11.5 Å². The Bertz CT molecular complexity index is 1270. The third kappa shape index (κ3) is 4.54. The van der Waals surface area contributed by atoms with Crippen LogP contribution in [0, 0.1) is 12.8 Å². The molecule has 1 heterocycles. The van der Waals surface area contributed by atoms with E-state index in [-0.39, 0.29) is 0 Å². The number of rotatable bonds is 7. The number of ether oxygens (including phenoxy) is 2. The highest BCUT2D eigenvalue weighted by molar-refractivity contribution is 5.81. The zero-order valence-electron chi connectivity index (χ0n) is 20.0. The van der Waals surface area contributed by atoms with E-state index in [0.717, 1.165) is 46.7 Å². The summed E-state index contributed by atoms with van der Waals surface area (Å²) < 4.78 is 13.5. The van der Waals surface area contributed by atoms with Gasteiger partial charge in [0.2, 0.25) is 0 Å². The van der Waals surface area contributed by atoms with Crippen LogP contribution in [0.1, 0.15) is 49.1 Å². The third-order valence-corrected chi connectivity index (χ3v) is 7.06. The second kappa shape index (κ2) is 9.92. The molecule has 5 rings (SSSR count). The van der Waals surface area contributed by atoms with Crippen LogP contribution in [0.15, 0.2) is 60.7 Å². The summed E-state index contributed by atoms with van der Waals surface area (Å²) in [6.45, 7) is 8.95. The van der Waals surface area contributed by atoms with Crippen molar-refractivity contribution in [1.29, 1.82) is 0 Å². The molecule has 3 radical (unpaired) electrons. The molecule has 0 atom stereocenters. The van der Waals surface area contributed by atoms with Crippen molar-refractivity contribution < 1.29 is 9.47 Å². The largest absolute Gasteiger partial charge is 0.493 e.